The first-order valence-electron chi connectivity index (χ1n) is 4.59. The van der Waals surface area contributed by atoms with Crippen LogP contribution >= 0.6 is 11.8 Å². The van der Waals surface area contributed by atoms with Gasteiger partial charge in [0.05, 0.1) is 6.61 Å². The van der Waals surface area contributed by atoms with Crippen molar-refractivity contribution < 1.29 is 5.11 Å². The van der Waals surface area contributed by atoms with E-state index in [1.165, 1.54) is 12.8 Å². The number of aliphatic hydroxyl groups excluding tert-OH is 1. The Morgan fingerprint density at radius 2 is 2.25 bits per heavy atom. The van der Waals surface area contributed by atoms with Gasteiger partial charge in [0, 0.05) is 12.0 Å². The van der Waals surface area contributed by atoms with Gasteiger partial charge in [0.25, 0.3) is 0 Å². The van der Waals surface area contributed by atoms with Crippen LogP contribution in [0, 0.1) is 11.3 Å². The maximum absolute atomic E-state index is 9.32. The second-order valence-electron chi connectivity index (χ2n) is 3.74. The van der Waals surface area contributed by atoms with E-state index in [4.69, 9.17) is 5.73 Å². The van der Waals surface area contributed by atoms with Crippen LogP contribution in [0.2, 0.25) is 0 Å². The van der Waals surface area contributed by atoms with E-state index in [0.717, 1.165) is 12.2 Å². The monoisotopic (exact) mass is 189 g/mol. The third kappa shape index (κ3) is 2.15. The van der Waals surface area contributed by atoms with E-state index in [1.54, 1.807) is 0 Å². The summed E-state index contributed by atoms with van der Waals surface area (Å²) in [4.78, 5) is 0. The molecule has 3 heteroatoms. The van der Waals surface area contributed by atoms with Crippen molar-refractivity contribution in [2.24, 2.45) is 17.1 Å². The van der Waals surface area contributed by atoms with Crippen molar-refractivity contribution in [2.75, 3.05) is 25.2 Å². The van der Waals surface area contributed by atoms with Gasteiger partial charge in [-0.2, -0.15) is 11.8 Å². The second-order valence-corrected chi connectivity index (χ2v) is 4.73. The third-order valence-corrected chi connectivity index (χ3v) is 3.58. The van der Waals surface area contributed by atoms with Crippen LogP contribution in [-0.2, 0) is 0 Å². The molecule has 1 saturated carbocycles. The minimum absolute atomic E-state index is 0.0585. The van der Waals surface area contributed by atoms with Crippen LogP contribution in [0.5, 0.6) is 0 Å². The van der Waals surface area contributed by atoms with E-state index >= 15 is 0 Å². The second kappa shape index (κ2) is 4.49. The van der Waals surface area contributed by atoms with E-state index < -0.39 is 0 Å². The summed E-state index contributed by atoms with van der Waals surface area (Å²) >= 11 is 1.84. The van der Waals surface area contributed by atoms with Crippen molar-refractivity contribution in [3.8, 4) is 0 Å². The molecule has 0 amide bonds. The Hall–Kier alpha value is 0.270. The van der Waals surface area contributed by atoms with Gasteiger partial charge < -0.3 is 10.8 Å². The summed E-state index contributed by atoms with van der Waals surface area (Å²) in [5.41, 5.74) is 5.79. The molecule has 12 heavy (non-hydrogen) atoms. The van der Waals surface area contributed by atoms with Crippen molar-refractivity contribution in [3.63, 3.8) is 0 Å². The molecule has 0 aliphatic heterocycles. The number of hydrogen-bond acceptors (Lipinski definition) is 3. The fourth-order valence-corrected chi connectivity index (χ4v) is 2.36. The molecule has 1 fully saturated rings. The Bertz CT molecular complexity index is 132. The summed E-state index contributed by atoms with van der Waals surface area (Å²) in [5.74, 6) is 1.83. The van der Waals surface area contributed by atoms with Crippen molar-refractivity contribution in [3.05, 3.63) is 0 Å². The SMILES string of the molecule is CSCCC(CN)(CO)C1CC1. The summed E-state index contributed by atoms with van der Waals surface area (Å²) in [7, 11) is 0. The Morgan fingerprint density at radius 3 is 2.58 bits per heavy atom. The third-order valence-electron chi connectivity index (χ3n) is 2.97. The molecule has 2 nitrogen and oxygen atoms in total. The molecule has 1 unspecified atom stereocenters. The average molecular weight is 189 g/mol. The fourth-order valence-electron chi connectivity index (χ4n) is 1.75. The van der Waals surface area contributed by atoms with Gasteiger partial charge in [-0.25, -0.2) is 0 Å². The molecule has 1 atom stereocenters. The lowest BCUT2D eigenvalue weighted by Crippen LogP contribution is -2.37. The van der Waals surface area contributed by atoms with E-state index in [9.17, 15) is 5.11 Å². The summed E-state index contributed by atoms with van der Waals surface area (Å²) in [6.45, 7) is 0.920. The normalized spacial score (nSPS) is 22.2. The maximum atomic E-state index is 9.32. The lowest BCUT2D eigenvalue weighted by molar-refractivity contribution is 0.106. The molecule has 0 aromatic carbocycles. The van der Waals surface area contributed by atoms with Gasteiger partial charge in [-0.15, -0.1) is 0 Å². The highest BCUT2D eigenvalue weighted by Crippen LogP contribution is 2.47. The number of hydrogen-bond donors (Lipinski definition) is 2. The van der Waals surface area contributed by atoms with Crippen LogP contribution in [0.4, 0.5) is 0 Å². The van der Waals surface area contributed by atoms with Crippen LogP contribution in [-0.4, -0.2) is 30.3 Å². The zero-order valence-electron chi connectivity index (χ0n) is 7.75. The summed E-state index contributed by atoms with van der Waals surface area (Å²) in [5, 5.41) is 9.32. The van der Waals surface area contributed by atoms with Gasteiger partial charge >= 0.3 is 0 Å². The number of rotatable bonds is 6. The first kappa shape index (κ1) is 10.4. The molecule has 3 N–H and O–H groups in total. The predicted octanol–water partition coefficient (Wildman–Crippen LogP) is 1.09. The zero-order valence-corrected chi connectivity index (χ0v) is 8.57. The lowest BCUT2D eigenvalue weighted by Gasteiger charge is -2.30. The van der Waals surface area contributed by atoms with Crippen molar-refractivity contribution in [2.45, 2.75) is 19.3 Å². The molecule has 72 valence electrons. The smallest absolute Gasteiger partial charge is 0.0502 e. The topological polar surface area (TPSA) is 46.2 Å². The van der Waals surface area contributed by atoms with E-state index in [1.807, 2.05) is 11.8 Å². The molecule has 0 heterocycles. The van der Waals surface area contributed by atoms with Crippen LogP contribution < -0.4 is 5.73 Å². The Labute approximate surface area is 78.9 Å². The van der Waals surface area contributed by atoms with Crippen molar-refractivity contribution >= 4 is 11.8 Å². The largest absolute Gasteiger partial charge is 0.396 e. The zero-order chi connectivity index (χ0) is 9.03. The number of aliphatic hydroxyl groups is 1. The van der Waals surface area contributed by atoms with Crippen LogP contribution in [0.3, 0.4) is 0 Å². The molecule has 0 saturated heterocycles. The Kier molecular flexibility index (Phi) is 3.87. The molecule has 0 aromatic rings. The number of thioether (sulfide) groups is 1. The summed E-state index contributed by atoms with van der Waals surface area (Å²) < 4.78 is 0. The standard InChI is InChI=1S/C9H19NOS/c1-12-5-4-9(6-10,7-11)8-2-3-8/h8,11H,2-7,10H2,1H3. The van der Waals surface area contributed by atoms with E-state index in [0.29, 0.717) is 12.5 Å². The van der Waals surface area contributed by atoms with Gasteiger partial charge in [-0.3, -0.25) is 0 Å². The minimum atomic E-state index is 0.0585. The summed E-state index contributed by atoms with van der Waals surface area (Å²) in [6, 6.07) is 0. The van der Waals surface area contributed by atoms with Crippen molar-refractivity contribution in [1.82, 2.24) is 0 Å². The molecule has 0 radical (unpaired) electrons. The highest BCUT2D eigenvalue weighted by molar-refractivity contribution is 7.98. The molecule has 1 aliphatic rings. The highest BCUT2D eigenvalue weighted by atomic mass is 32.2. The van der Waals surface area contributed by atoms with Crippen LogP contribution in [0.25, 0.3) is 0 Å². The molecular weight excluding hydrogens is 170 g/mol. The summed E-state index contributed by atoms with van der Waals surface area (Å²) in [6.07, 6.45) is 5.72. The van der Waals surface area contributed by atoms with Gasteiger partial charge in [-0.1, -0.05) is 0 Å². The van der Waals surface area contributed by atoms with Gasteiger partial charge in [0.1, 0.15) is 0 Å². The molecule has 0 bridgehead atoms. The lowest BCUT2D eigenvalue weighted by atomic mass is 9.81. The van der Waals surface area contributed by atoms with Gasteiger partial charge in [-0.05, 0) is 37.2 Å². The molecule has 0 aromatic heterocycles. The van der Waals surface area contributed by atoms with Gasteiger partial charge in [0.15, 0.2) is 0 Å². The first-order valence-corrected chi connectivity index (χ1v) is 5.98. The Balaban J connectivity index is 2.43. The fraction of sp³-hybridized carbons (Fsp3) is 1.00. The molecular formula is C9H19NOS. The minimum Gasteiger partial charge on any atom is -0.396 e. The molecule has 0 spiro atoms. The van der Waals surface area contributed by atoms with E-state index in [-0.39, 0.29) is 12.0 Å². The average Bonchev–Trinajstić information content (AvgIpc) is 2.91. The van der Waals surface area contributed by atoms with Crippen LogP contribution in [0.1, 0.15) is 19.3 Å². The molecule has 1 aliphatic carbocycles. The quantitative estimate of drug-likeness (QED) is 0.657. The molecule has 1 rings (SSSR count). The maximum Gasteiger partial charge on any atom is 0.0502 e. The van der Waals surface area contributed by atoms with Gasteiger partial charge in [0.2, 0.25) is 0 Å². The first-order chi connectivity index (χ1) is 5.79. The predicted molar refractivity (Wildman–Crippen MR) is 54.3 cm³/mol. The van der Waals surface area contributed by atoms with Crippen molar-refractivity contribution in [1.29, 1.82) is 0 Å². The van der Waals surface area contributed by atoms with Crippen LogP contribution in [0.15, 0.2) is 0 Å². The highest BCUT2D eigenvalue weighted by Gasteiger charge is 2.43. The Morgan fingerprint density at radius 1 is 1.58 bits per heavy atom. The number of nitrogens with two attached hydrogens (primary N) is 1. The van der Waals surface area contributed by atoms with E-state index in [2.05, 4.69) is 6.26 Å².